The lowest BCUT2D eigenvalue weighted by Gasteiger charge is -2.12. The maximum Gasteiger partial charge on any atom is 0.167 e. The summed E-state index contributed by atoms with van der Waals surface area (Å²) >= 11 is 0. The number of hydrogen-bond acceptors (Lipinski definition) is 5. The highest BCUT2D eigenvalue weighted by atomic mass is 16.3. The molecule has 0 spiro atoms. The van der Waals surface area contributed by atoms with Crippen molar-refractivity contribution in [3.05, 3.63) is 182 Å². The Hall–Kier alpha value is -7.83. The molecule has 57 heavy (non-hydrogen) atoms. The van der Waals surface area contributed by atoms with Gasteiger partial charge in [0.15, 0.2) is 17.5 Å². The number of benzene rings is 8. The Labute approximate surface area is 325 Å². The Morgan fingerprint density at radius 1 is 0.351 bits per heavy atom. The number of furan rings is 2. The van der Waals surface area contributed by atoms with Gasteiger partial charge in [0, 0.05) is 60.3 Å². The van der Waals surface area contributed by atoms with Crippen LogP contribution in [0, 0.1) is 0 Å². The number of para-hydroxylation sites is 6. The van der Waals surface area contributed by atoms with E-state index in [4.69, 9.17) is 23.8 Å². The van der Waals surface area contributed by atoms with Gasteiger partial charge >= 0.3 is 0 Å². The van der Waals surface area contributed by atoms with Crippen molar-refractivity contribution in [2.75, 3.05) is 0 Å². The molecule has 0 radical (unpaired) electrons. The molecule has 0 unspecified atom stereocenters. The molecule has 6 nitrogen and oxygen atoms in total. The van der Waals surface area contributed by atoms with Crippen LogP contribution in [0.5, 0.6) is 0 Å². The van der Waals surface area contributed by atoms with Crippen LogP contribution < -0.4 is 0 Å². The van der Waals surface area contributed by atoms with Crippen molar-refractivity contribution >= 4 is 65.7 Å². The number of fused-ring (bicyclic) bond motifs is 9. The van der Waals surface area contributed by atoms with Gasteiger partial charge in [0.25, 0.3) is 0 Å². The zero-order valence-corrected chi connectivity index (χ0v) is 30.4. The summed E-state index contributed by atoms with van der Waals surface area (Å²) in [6.07, 6.45) is 0. The van der Waals surface area contributed by atoms with Crippen molar-refractivity contribution < 1.29 is 8.83 Å². The van der Waals surface area contributed by atoms with Crippen molar-refractivity contribution in [2.45, 2.75) is 0 Å². The van der Waals surface area contributed by atoms with E-state index in [1.807, 2.05) is 72.8 Å². The molecule has 0 saturated carbocycles. The second-order valence-electron chi connectivity index (χ2n) is 14.3. The molecule has 0 aliphatic carbocycles. The average molecular weight is 731 g/mol. The molecular formula is C51H30N4O2. The Morgan fingerprint density at radius 3 is 1.72 bits per heavy atom. The first-order valence-corrected chi connectivity index (χ1v) is 19.0. The highest BCUT2D eigenvalue weighted by molar-refractivity contribution is 6.17. The second-order valence-corrected chi connectivity index (χ2v) is 14.3. The summed E-state index contributed by atoms with van der Waals surface area (Å²) in [5, 5.41) is 6.49. The predicted octanol–water partition coefficient (Wildman–Crippen LogP) is 13.4. The van der Waals surface area contributed by atoms with E-state index in [-0.39, 0.29) is 0 Å². The maximum atomic E-state index is 6.79. The van der Waals surface area contributed by atoms with Crippen LogP contribution in [0.25, 0.3) is 117 Å². The van der Waals surface area contributed by atoms with Crippen LogP contribution in [-0.4, -0.2) is 19.5 Å². The minimum Gasteiger partial charge on any atom is -0.455 e. The van der Waals surface area contributed by atoms with E-state index in [2.05, 4.69) is 114 Å². The molecule has 0 N–H and O–H groups in total. The average Bonchev–Trinajstić information content (AvgIpc) is 3.96. The Balaban J connectivity index is 1.06. The Kier molecular flexibility index (Phi) is 6.83. The standard InChI is InChI=1S/C51H30N4O2/c1-3-14-31(15-4-1)49-52-50(54-51(53-49)41-25-13-22-38-35-19-8-10-27-44(35)56-48(38)41)32-28-29-45-42(30-32)40-24-12-23-39(47(40)57-45)37-21-11-20-36-34-18-7-9-26-43(34)55(46(36)37)33-16-5-2-6-17-33/h1-30H. The smallest absolute Gasteiger partial charge is 0.167 e. The van der Waals surface area contributed by atoms with Crippen LogP contribution in [0.2, 0.25) is 0 Å². The van der Waals surface area contributed by atoms with E-state index >= 15 is 0 Å². The van der Waals surface area contributed by atoms with Crippen LogP contribution in [0.1, 0.15) is 0 Å². The first-order chi connectivity index (χ1) is 28.3. The molecule has 0 aliphatic rings. The topological polar surface area (TPSA) is 69.9 Å². The number of aromatic nitrogens is 4. The quantitative estimate of drug-likeness (QED) is 0.176. The van der Waals surface area contributed by atoms with Crippen LogP contribution in [0.15, 0.2) is 191 Å². The molecule has 4 heterocycles. The molecule has 4 aromatic heterocycles. The van der Waals surface area contributed by atoms with Gasteiger partial charge in [-0.1, -0.05) is 133 Å². The molecular weight excluding hydrogens is 701 g/mol. The van der Waals surface area contributed by atoms with Crippen LogP contribution in [0.4, 0.5) is 0 Å². The number of nitrogens with zero attached hydrogens (tertiary/aromatic N) is 4. The SMILES string of the molecule is c1ccc(-c2nc(-c3ccc4oc5c(-c6cccc7c8ccccc8n(-c8ccccc8)c67)cccc5c4c3)nc(-c3cccc4c3oc3ccccc34)n2)cc1. The van der Waals surface area contributed by atoms with Gasteiger partial charge in [-0.3, -0.25) is 0 Å². The summed E-state index contributed by atoms with van der Waals surface area (Å²) in [5.74, 6) is 1.70. The van der Waals surface area contributed by atoms with E-state index in [1.54, 1.807) is 0 Å². The van der Waals surface area contributed by atoms with Gasteiger partial charge in [-0.05, 0) is 48.5 Å². The summed E-state index contributed by atoms with van der Waals surface area (Å²) in [7, 11) is 0. The van der Waals surface area contributed by atoms with Gasteiger partial charge in [0.1, 0.15) is 22.3 Å². The van der Waals surface area contributed by atoms with Gasteiger partial charge in [0.05, 0.1) is 16.6 Å². The van der Waals surface area contributed by atoms with E-state index in [0.717, 1.165) is 88.4 Å². The van der Waals surface area contributed by atoms with Gasteiger partial charge in [-0.2, -0.15) is 0 Å². The fraction of sp³-hybridized carbons (Fsp3) is 0. The van der Waals surface area contributed by atoms with Gasteiger partial charge in [-0.25, -0.2) is 15.0 Å². The first-order valence-electron chi connectivity index (χ1n) is 19.0. The van der Waals surface area contributed by atoms with Crippen molar-refractivity contribution in [3.8, 4) is 51.0 Å². The van der Waals surface area contributed by atoms with Gasteiger partial charge in [-0.15, -0.1) is 0 Å². The van der Waals surface area contributed by atoms with E-state index < -0.39 is 0 Å². The Bertz CT molecular complexity index is 3530. The minimum absolute atomic E-state index is 0.546. The van der Waals surface area contributed by atoms with Crippen LogP contribution in [0.3, 0.4) is 0 Å². The van der Waals surface area contributed by atoms with E-state index in [0.29, 0.717) is 17.5 Å². The third-order valence-electron chi connectivity index (χ3n) is 11.1. The van der Waals surface area contributed by atoms with Crippen molar-refractivity contribution in [3.63, 3.8) is 0 Å². The first kappa shape index (κ1) is 31.5. The molecule has 0 atom stereocenters. The monoisotopic (exact) mass is 730 g/mol. The minimum atomic E-state index is 0.546. The summed E-state index contributed by atoms with van der Waals surface area (Å²) in [5.41, 5.74) is 11.3. The van der Waals surface area contributed by atoms with Crippen molar-refractivity contribution in [1.82, 2.24) is 19.5 Å². The maximum absolute atomic E-state index is 6.79. The molecule has 0 fully saturated rings. The summed E-state index contributed by atoms with van der Waals surface area (Å²) in [6.45, 7) is 0. The normalized spacial score (nSPS) is 11.9. The largest absolute Gasteiger partial charge is 0.455 e. The lowest BCUT2D eigenvalue weighted by Crippen LogP contribution is -2.00. The number of rotatable bonds is 5. The molecule has 0 bridgehead atoms. The molecule has 12 aromatic rings. The van der Waals surface area contributed by atoms with E-state index in [1.165, 1.54) is 10.8 Å². The second kappa shape index (κ2) is 12.3. The van der Waals surface area contributed by atoms with Crippen molar-refractivity contribution in [1.29, 1.82) is 0 Å². The fourth-order valence-electron chi connectivity index (χ4n) is 8.50. The molecule has 0 amide bonds. The third-order valence-corrected chi connectivity index (χ3v) is 11.1. The van der Waals surface area contributed by atoms with Crippen LogP contribution >= 0.6 is 0 Å². The van der Waals surface area contributed by atoms with Gasteiger partial charge in [0.2, 0.25) is 0 Å². The summed E-state index contributed by atoms with van der Waals surface area (Å²) < 4.78 is 15.6. The lowest BCUT2D eigenvalue weighted by atomic mass is 9.99. The van der Waals surface area contributed by atoms with E-state index in [9.17, 15) is 0 Å². The molecule has 8 aromatic carbocycles. The molecule has 266 valence electrons. The fourth-order valence-corrected chi connectivity index (χ4v) is 8.50. The predicted molar refractivity (Wildman–Crippen MR) is 230 cm³/mol. The number of hydrogen-bond donors (Lipinski definition) is 0. The molecule has 0 aliphatic heterocycles. The van der Waals surface area contributed by atoms with Crippen molar-refractivity contribution in [2.24, 2.45) is 0 Å². The van der Waals surface area contributed by atoms with Crippen LogP contribution in [-0.2, 0) is 0 Å². The highest BCUT2D eigenvalue weighted by Gasteiger charge is 2.21. The summed E-state index contributed by atoms with van der Waals surface area (Å²) in [6, 6.07) is 62.7. The molecule has 6 heteroatoms. The Morgan fingerprint density at radius 2 is 0.912 bits per heavy atom. The lowest BCUT2D eigenvalue weighted by molar-refractivity contribution is 0.669. The third kappa shape index (κ3) is 4.87. The van der Waals surface area contributed by atoms with Gasteiger partial charge < -0.3 is 13.4 Å². The highest BCUT2D eigenvalue weighted by Crippen LogP contribution is 2.43. The zero-order chi connectivity index (χ0) is 37.5. The summed E-state index contributed by atoms with van der Waals surface area (Å²) in [4.78, 5) is 15.2. The molecule has 0 saturated heterocycles. The zero-order valence-electron chi connectivity index (χ0n) is 30.4. The molecule has 12 rings (SSSR count).